The molecule has 20 heavy (non-hydrogen) atoms. The van der Waals surface area contributed by atoms with Crippen LogP contribution in [-0.4, -0.2) is 20.1 Å². The molecule has 1 fully saturated rings. The first-order valence-corrected chi connectivity index (χ1v) is 6.92. The van der Waals surface area contributed by atoms with Crippen molar-refractivity contribution in [3.05, 3.63) is 53.9 Å². The van der Waals surface area contributed by atoms with Crippen molar-refractivity contribution in [2.45, 2.75) is 25.4 Å². The van der Waals surface area contributed by atoms with Gasteiger partial charge in [-0.25, -0.2) is 4.68 Å². The van der Waals surface area contributed by atoms with Gasteiger partial charge in [0.2, 0.25) is 0 Å². The topological polar surface area (TPSA) is 50.9 Å². The van der Waals surface area contributed by atoms with Gasteiger partial charge in [-0.15, -0.1) is 5.10 Å². The molecule has 4 rings (SSSR count). The average Bonchev–Trinajstić information content (AvgIpc) is 3.25. The predicted octanol–water partition coefficient (Wildman–Crippen LogP) is 2.79. The van der Waals surface area contributed by atoms with Crippen LogP contribution in [0.5, 0.6) is 0 Å². The molecule has 4 heteroatoms. The molecule has 1 aliphatic rings. The van der Waals surface area contributed by atoms with Gasteiger partial charge in [0.05, 0.1) is 18.0 Å². The van der Waals surface area contributed by atoms with E-state index in [9.17, 15) is 5.11 Å². The fourth-order valence-corrected chi connectivity index (χ4v) is 2.77. The Morgan fingerprint density at radius 1 is 1.10 bits per heavy atom. The van der Waals surface area contributed by atoms with Crippen LogP contribution in [0, 0.1) is 0 Å². The summed E-state index contributed by atoms with van der Waals surface area (Å²) in [5, 5.41) is 20.2. The van der Waals surface area contributed by atoms with E-state index in [1.54, 1.807) is 0 Å². The van der Waals surface area contributed by atoms with Crippen molar-refractivity contribution in [1.82, 2.24) is 15.0 Å². The number of rotatable bonds is 3. The van der Waals surface area contributed by atoms with Crippen LogP contribution >= 0.6 is 0 Å². The van der Waals surface area contributed by atoms with E-state index in [0.29, 0.717) is 11.6 Å². The minimum absolute atomic E-state index is 0.0450. The lowest BCUT2D eigenvalue weighted by molar-refractivity contribution is 0.275. The normalized spacial score (nSPS) is 14.8. The Labute approximate surface area is 116 Å². The van der Waals surface area contributed by atoms with Gasteiger partial charge in [0.1, 0.15) is 5.69 Å². The summed E-state index contributed by atoms with van der Waals surface area (Å²) in [7, 11) is 0. The van der Waals surface area contributed by atoms with E-state index in [1.165, 1.54) is 5.39 Å². The molecule has 0 bridgehead atoms. The Morgan fingerprint density at radius 2 is 1.90 bits per heavy atom. The molecule has 0 spiro atoms. The number of hydrogen-bond acceptors (Lipinski definition) is 3. The van der Waals surface area contributed by atoms with Crippen molar-refractivity contribution in [3.63, 3.8) is 0 Å². The number of nitrogens with zero attached hydrogens (tertiary/aromatic N) is 3. The third-order valence-electron chi connectivity index (χ3n) is 3.89. The van der Waals surface area contributed by atoms with Gasteiger partial charge in [0.15, 0.2) is 0 Å². The van der Waals surface area contributed by atoms with Gasteiger partial charge in [-0.05, 0) is 24.3 Å². The molecule has 4 nitrogen and oxygen atoms in total. The monoisotopic (exact) mass is 265 g/mol. The van der Waals surface area contributed by atoms with Gasteiger partial charge in [-0.2, -0.15) is 0 Å². The van der Waals surface area contributed by atoms with E-state index in [1.807, 2.05) is 22.9 Å². The van der Waals surface area contributed by atoms with E-state index >= 15 is 0 Å². The number of hydrogen-bond donors (Lipinski definition) is 1. The summed E-state index contributed by atoms with van der Waals surface area (Å²) in [6.45, 7) is -0.0450. The van der Waals surface area contributed by atoms with Crippen LogP contribution in [0.3, 0.4) is 0 Å². The Balaban J connectivity index is 1.98. The maximum atomic E-state index is 9.45. The van der Waals surface area contributed by atoms with Crippen molar-refractivity contribution in [2.75, 3.05) is 0 Å². The Kier molecular flexibility index (Phi) is 2.57. The molecule has 0 amide bonds. The molecular weight excluding hydrogens is 250 g/mol. The van der Waals surface area contributed by atoms with Gasteiger partial charge in [-0.3, -0.25) is 0 Å². The van der Waals surface area contributed by atoms with Crippen LogP contribution in [0.15, 0.2) is 42.5 Å². The van der Waals surface area contributed by atoms with Crippen LogP contribution in [0.1, 0.15) is 30.1 Å². The number of aliphatic hydroxyl groups is 1. The molecule has 0 atom stereocenters. The molecule has 1 saturated carbocycles. The average molecular weight is 265 g/mol. The van der Waals surface area contributed by atoms with Gasteiger partial charge in [-0.1, -0.05) is 41.6 Å². The molecule has 100 valence electrons. The van der Waals surface area contributed by atoms with Gasteiger partial charge in [0.25, 0.3) is 0 Å². The zero-order valence-corrected chi connectivity index (χ0v) is 11.0. The van der Waals surface area contributed by atoms with E-state index in [2.05, 4.69) is 34.6 Å². The zero-order chi connectivity index (χ0) is 13.5. The highest BCUT2D eigenvalue weighted by molar-refractivity contribution is 5.90. The Hall–Kier alpha value is -2.20. The number of benzene rings is 2. The lowest BCUT2D eigenvalue weighted by atomic mass is 10.1. The molecule has 0 radical (unpaired) electrons. The summed E-state index contributed by atoms with van der Waals surface area (Å²) in [6, 6.07) is 14.5. The van der Waals surface area contributed by atoms with Crippen molar-refractivity contribution in [2.24, 2.45) is 0 Å². The van der Waals surface area contributed by atoms with Crippen molar-refractivity contribution < 1.29 is 5.11 Å². The highest BCUT2D eigenvalue weighted by Gasteiger charge is 2.31. The highest BCUT2D eigenvalue weighted by atomic mass is 16.3. The van der Waals surface area contributed by atoms with E-state index in [-0.39, 0.29) is 6.61 Å². The Bertz CT molecular complexity index is 769. The lowest BCUT2D eigenvalue weighted by Gasteiger charge is -2.09. The van der Waals surface area contributed by atoms with Crippen LogP contribution < -0.4 is 0 Å². The van der Waals surface area contributed by atoms with Crippen LogP contribution in [0.25, 0.3) is 16.5 Å². The zero-order valence-electron chi connectivity index (χ0n) is 11.0. The van der Waals surface area contributed by atoms with Gasteiger partial charge >= 0.3 is 0 Å². The molecule has 3 aromatic rings. The summed E-state index contributed by atoms with van der Waals surface area (Å²) in [4.78, 5) is 0. The standard InChI is InChI=1S/C16H15N3O/c20-10-14-16(12-8-9-12)19(18-17-14)15-7-3-5-11-4-1-2-6-13(11)15/h1-7,12,20H,8-10H2. The smallest absolute Gasteiger partial charge is 0.112 e. The summed E-state index contributed by atoms with van der Waals surface area (Å²) in [6.07, 6.45) is 2.32. The summed E-state index contributed by atoms with van der Waals surface area (Å²) in [5.74, 6) is 0.492. The first-order chi connectivity index (χ1) is 9.88. The molecule has 2 aromatic carbocycles. The molecule has 1 N–H and O–H groups in total. The second-order valence-corrected chi connectivity index (χ2v) is 5.26. The molecule has 1 aromatic heterocycles. The number of aromatic nitrogens is 3. The molecule has 1 heterocycles. The molecule has 1 aliphatic carbocycles. The van der Waals surface area contributed by atoms with Crippen molar-refractivity contribution >= 4 is 10.8 Å². The summed E-state index contributed by atoms with van der Waals surface area (Å²) in [5.41, 5.74) is 2.82. The van der Waals surface area contributed by atoms with Crippen LogP contribution in [0.4, 0.5) is 0 Å². The highest BCUT2D eigenvalue weighted by Crippen LogP contribution is 2.42. The minimum Gasteiger partial charge on any atom is -0.390 e. The molecular formula is C16H15N3O. The quantitative estimate of drug-likeness (QED) is 0.792. The SMILES string of the molecule is OCc1nnn(-c2cccc3ccccc23)c1C1CC1. The van der Waals surface area contributed by atoms with Crippen LogP contribution in [0.2, 0.25) is 0 Å². The second kappa shape index (κ2) is 4.42. The first-order valence-electron chi connectivity index (χ1n) is 6.92. The third-order valence-corrected chi connectivity index (χ3v) is 3.89. The fraction of sp³-hybridized carbons (Fsp3) is 0.250. The maximum absolute atomic E-state index is 9.45. The molecule has 0 saturated heterocycles. The summed E-state index contributed by atoms with van der Waals surface area (Å²) >= 11 is 0. The maximum Gasteiger partial charge on any atom is 0.112 e. The third kappa shape index (κ3) is 1.72. The minimum atomic E-state index is -0.0450. The Morgan fingerprint density at radius 3 is 2.70 bits per heavy atom. The van der Waals surface area contributed by atoms with Crippen LogP contribution in [-0.2, 0) is 6.61 Å². The lowest BCUT2D eigenvalue weighted by Crippen LogP contribution is -2.03. The number of fused-ring (bicyclic) bond motifs is 1. The number of aliphatic hydroxyl groups excluding tert-OH is 1. The largest absolute Gasteiger partial charge is 0.390 e. The second-order valence-electron chi connectivity index (χ2n) is 5.26. The van der Waals surface area contributed by atoms with Crippen molar-refractivity contribution in [3.8, 4) is 5.69 Å². The molecule has 0 unspecified atom stereocenters. The van der Waals surface area contributed by atoms with Crippen molar-refractivity contribution in [1.29, 1.82) is 0 Å². The first kappa shape index (κ1) is 11.6. The van der Waals surface area contributed by atoms with Gasteiger partial charge < -0.3 is 5.11 Å². The van der Waals surface area contributed by atoms with E-state index in [0.717, 1.165) is 29.6 Å². The van der Waals surface area contributed by atoms with E-state index in [4.69, 9.17) is 0 Å². The fourth-order valence-electron chi connectivity index (χ4n) is 2.77. The van der Waals surface area contributed by atoms with E-state index < -0.39 is 0 Å². The molecule has 0 aliphatic heterocycles. The predicted molar refractivity (Wildman–Crippen MR) is 76.8 cm³/mol. The summed E-state index contributed by atoms with van der Waals surface area (Å²) < 4.78 is 1.91. The van der Waals surface area contributed by atoms with Gasteiger partial charge in [0, 0.05) is 11.3 Å².